The summed E-state index contributed by atoms with van der Waals surface area (Å²) >= 11 is 0. The van der Waals surface area contributed by atoms with Gasteiger partial charge in [0.05, 0.1) is 0 Å². The lowest BCUT2D eigenvalue weighted by Crippen LogP contribution is -2.57. The fourth-order valence-electron chi connectivity index (χ4n) is 14.8. The Morgan fingerprint density at radius 3 is 1.07 bits per heavy atom. The Kier molecular flexibility index (Phi) is 8.73. The maximum atomic E-state index is 2.66. The van der Waals surface area contributed by atoms with Crippen LogP contribution in [-0.2, 0) is 24.2 Å². The second-order valence-electron chi connectivity index (χ2n) is 21.3. The molecule has 0 unspecified atom stereocenters. The van der Waals surface area contributed by atoms with E-state index in [9.17, 15) is 0 Å². The highest BCUT2D eigenvalue weighted by Gasteiger charge is 2.50. The van der Waals surface area contributed by atoms with Crippen molar-refractivity contribution in [1.29, 1.82) is 0 Å². The minimum atomic E-state index is -2.03. The highest BCUT2D eigenvalue weighted by molar-refractivity contribution is 7.06. The van der Waals surface area contributed by atoms with Gasteiger partial charge in [-0.25, -0.2) is 0 Å². The van der Waals surface area contributed by atoms with Crippen LogP contribution in [0.25, 0.3) is 66.1 Å². The number of rotatable bonds is 4. The lowest BCUT2D eigenvalue weighted by atomic mass is 9.84. The molecule has 15 rings (SSSR count). The third-order valence-corrected chi connectivity index (χ3v) is 27.7. The van der Waals surface area contributed by atoms with E-state index in [1.54, 1.807) is 43.0 Å². The lowest BCUT2D eigenvalue weighted by Gasteiger charge is -2.31. The van der Waals surface area contributed by atoms with Gasteiger partial charge in [-0.3, -0.25) is 0 Å². The van der Waals surface area contributed by atoms with E-state index in [-0.39, 0.29) is 0 Å². The van der Waals surface area contributed by atoms with Crippen LogP contribution < -0.4 is 30.5 Å². The number of anilines is 2. The highest BCUT2D eigenvalue weighted by Crippen LogP contribution is 2.49. The predicted octanol–water partition coefficient (Wildman–Crippen LogP) is 12.1. The average Bonchev–Trinajstić information content (AvgIpc) is 4.14. The zero-order valence-electron chi connectivity index (χ0n) is 39.0. The number of fused-ring (bicyclic) bond motifs is 14. The Labute approximate surface area is 402 Å². The minimum absolute atomic E-state index is 1.13. The minimum Gasteiger partial charge on any atom is -0.372 e. The molecular weight excluding hydrogens is 853 g/mol. The van der Waals surface area contributed by atoms with E-state index in [2.05, 4.69) is 180 Å². The zero-order valence-corrected chi connectivity index (χ0v) is 41.0. The monoisotopic (exact) mass is 908 g/mol. The molecule has 0 atom stereocenters. The van der Waals surface area contributed by atoms with Crippen molar-refractivity contribution in [2.75, 3.05) is 36.0 Å². The Morgan fingerprint density at radius 1 is 0.294 bits per heavy atom. The van der Waals surface area contributed by atoms with Gasteiger partial charge in [-0.15, -0.1) is 0 Å². The Hall–Kier alpha value is -6.47. The van der Waals surface area contributed by atoms with Gasteiger partial charge in [-0.05, 0) is 208 Å². The third-order valence-electron chi connectivity index (χ3n) is 17.8. The van der Waals surface area contributed by atoms with Gasteiger partial charge in [0.15, 0.2) is 0 Å². The molecule has 2 fully saturated rings. The van der Waals surface area contributed by atoms with Gasteiger partial charge in [0.1, 0.15) is 16.1 Å². The van der Waals surface area contributed by atoms with Crippen LogP contribution in [0.4, 0.5) is 11.4 Å². The molecule has 0 bridgehead atoms. The molecule has 2 nitrogen and oxygen atoms in total. The first-order chi connectivity index (χ1) is 33.6. The van der Waals surface area contributed by atoms with E-state index in [0.717, 1.165) is 26.2 Å². The van der Waals surface area contributed by atoms with Gasteiger partial charge in [0, 0.05) is 37.6 Å². The molecule has 2 spiro atoms. The van der Waals surface area contributed by atoms with E-state index >= 15 is 0 Å². The normalized spacial score (nSPS) is 17.9. The van der Waals surface area contributed by atoms with Crippen molar-refractivity contribution in [3.63, 3.8) is 0 Å². The number of piperidine rings is 2. The molecule has 0 aromatic heterocycles. The molecule has 0 aliphatic carbocycles. The van der Waals surface area contributed by atoms with E-state index in [1.165, 1.54) is 140 Å². The summed E-state index contributed by atoms with van der Waals surface area (Å²) in [6, 6.07) is 73.2. The maximum Gasteiger partial charge on any atom is 0.128 e. The number of nitrogens with zero attached hydrogens (tertiary/aromatic N) is 2. The SMILES string of the molecule is c1ccc2c(c1)C[Si]1(C2)c2ccccc2-c2cc(-c3c4ccc(N5CCCCC5)cc4c(-c4ccc5c(c4)-c4ccccc4[Si]54Cc5ccccc5C4)c4ccc(N5CCCCC5)cc34)ccc21. The Morgan fingerprint density at radius 2 is 0.662 bits per heavy atom. The summed E-state index contributed by atoms with van der Waals surface area (Å²) in [7, 11) is -4.06. The van der Waals surface area contributed by atoms with Crippen molar-refractivity contribution in [3.8, 4) is 44.5 Å². The van der Waals surface area contributed by atoms with E-state index in [4.69, 9.17) is 0 Å². The second kappa shape index (κ2) is 15.0. The highest BCUT2D eigenvalue weighted by atomic mass is 28.3. The van der Waals surface area contributed by atoms with Crippen molar-refractivity contribution in [1.82, 2.24) is 0 Å². The third kappa shape index (κ3) is 5.68. The molecular formula is C64H56N2Si2. The van der Waals surface area contributed by atoms with Crippen LogP contribution >= 0.6 is 0 Å². The summed E-state index contributed by atoms with van der Waals surface area (Å²) in [5.41, 5.74) is 20.4. The van der Waals surface area contributed by atoms with Crippen LogP contribution in [0, 0.1) is 0 Å². The molecule has 9 aromatic rings. The zero-order chi connectivity index (χ0) is 44.6. The molecule has 0 amide bonds. The molecule has 0 radical (unpaired) electrons. The van der Waals surface area contributed by atoms with E-state index < -0.39 is 16.1 Å². The molecule has 0 N–H and O–H groups in total. The molecule has 6 aliphatic heterocycles. The van der Waals surface area contributed by atoms with Gasteiger partial charge < -0.3 is 9.80 Å². The van der Waals surface area contributed by atoms with Crippen LogP contribution in [0.3, 0.4) is 0 Å². The summed E-state index contributed by atoms with van der Waals surface area (Å²) < 4.78 is 0. The van der Waals surface area contributed by atoms with Crippen LogP contribution in [0.1, 0.15) is 60.8 Å². The van der Waals surface area contributed by atoms with Crippen molar-refractivity contribution < 1.29 is 0 Å². The van der Waals surface area contributed by atoms with Gasteiger partial charge in [0.25, 0.3) is 0 Å². The molecule has 330 valence electrons. The largest absolute Gasteiger partial charge is 0.372 e. The smallest absolute Gasteiger partial charge is 0.128 e. The van der Waals surface area contributed by atoms with Gasteiger partial charge in [-0.1, -0.05) is 133 Å². The Balaban J connectivity index is 0.983. The molecule has 68 heavy (non-hydrogen) atoms. The molecule has 2 saturated heterocycles. The van der Waals surface area contributed by atoms with Crippen LogP contribution in [-0.4, -0.2) is 42.3 Å². The first kappa shape index (κ1) is 39.5. The van der Waals surface area contributed by atoms with Crippen LogP contribution in [0.15, 0.2) is 170 Å². The topological polar surface area (TPSA) is 6.48 Å². The average molecular weight is 909 g/mol. The van der Waals surface area contributed by atoms with Crippen molar-refractivity contribution in [2.24, 2.45) is 0 Å². The van der Waals surface area contributed by atoms with E-state index in [1.807, 2.05) is 0 Å². The van der Waals surface area contributed by atoms with Crippen LogP contribution in [0.5, 0.6) is 0 Å². The fourth-order valence-corrected chi connectivity index (χ4v) is 25.6. The molecule has 6 aliphatic rings. The number of hydrogen-bond donors (Lipinski definition) is 0. The summed E-state index contributed by atoms with van der Waals surface area (Å²) in [6.45, 7) is 4.52. The van der Waals surface area contributed by atoms with Gasteiger partial charge in [0.2, 0.25) is 0 Å². The van der Waals surface area contributed by atoms with Crippen molar-refractivity contribution in [2.45, 2.75) is 62.7 Å². The van der Waals surface area contributed by atoms with Crippen molar-refractivity contribution >= 4 is 69.8 Å². The second-order valence-corrected chi connectivity index (χ2v) is 29.2. The van der Waals surface area contributed by atoms with Gasteiger partial charge >= 0.3 is 0 Å². The predicted molar refractivity (Wildman–Crippen MR) is 293 cm³/mol. The maximum absolute atomic E-state index is 2.66. The lowest BCUT2D eigenvalue weighted by molar-refractivity contribution is 0.578. The van der Waals surface area contributed by atoms with Gasteiger partial charge in [-0.2, -0.15) is 0 Å². The quantitative estimate of drug-likeness (QED) is 0.128. The van der Waals surface area contributed by atoms with E-state index in [0.29, 0.717) is 0 Å². The first-order valence-corrected chi connectivity index (χ1v) is 30.6. The summed E-state index contributed by atoms with van der Waals surface area (Å²) in [5, 5.41) is 12.0. The van der Waals surface area contributed by atoms with Crippen LogP contribution in [0.2, 0.25) is 0 Å². The summed E-state index contributed by atoms with van der Waals surface area (Å²) in [5.74, 6) is 0. The fraction of sp³-hybridized carbons (Fsp3) is 0.219. The molecule has 9 aromatic carbocycles. The molecule has 0 saturated carbocycles. The molecule has 6 heterocycles. The summed E-state index contributed by atoms with van der Waals surface area (Å²) in [6.07, 6.45) is 7.71. The Bertz CT molecular complexity index is 3290. The standard InChI is InChI=1S/C64H56N2Si2/c1-11-31-65(32-12-1)49-25-27-53-57(37-49)63(43-23-29-61-55(35-43)51-19-7-9-21-59(51)67(61)39-45-15-3-4-16-46(45)40-67)54-28-26-50(66-33-13-2-14-34-66)38-58(54)64(53)44-24-30-62-56(36-44)52-20-8-10-22-60(52)68(62)41-47-17-5-6-18-48(47)42-68/h3-10,15-30,35-38H,1-2,11-14,31-34,39-42H2. The number of benzene rings is 9. The van der Waals surface area contributed by atoms with Crippen molar-refractivity contribution in [3.05, 3.63) is 192 Å². The molecule has 4 heteroatoms. The first-order valence-electron chi connectivity index (χ1n) is 25.8. The number of hydrogen-bond acceptors (Lipinski definition) is 2. The summed E-state index contributed by atoms with van der Waals surface area (Å²) in [4.78, 5) is 5.33.